The number of ketones is 1. The van der Waals surface area contributed by atoms with Crippen LogP contribution in [-0.4, -0.2) is 35.4 Å². The summed E-state index contributed by atoms with van der Waals surface area (Å²) in [6.45, 7) is 5.98. The van der Waals surface area contributed by atoms with E-state index in [-0.39, 0.29) is 23.6 Å². The summed E-state index contributed by atoms with van der Waals surface area (Å²) in [4.78, 5) is 14.0. The fraction of sp³-hybridized carbons (Fsp3) is 0.500. The maximum absolute atomic E-state index is 13.1. The second-order valence-corrected chi connectivity index (χ2v) is 4.36. The van der Waals surface area contributed by atoms with E-state index in [2.05, 4.69) is 0 Å². The van der Waals surface area contributed by atoms with Crippen LogP contribution in [0, 0.1) is 5.82 Å². The van der Waals surface area contributed by atoms with Crippen molar-refractivity contribution < 1.29 is 14.3 Å². The first-order valence-corrected chi connectivity index (χ1v) is 6.32. The number of hydrogen-bond acceptors (Lipinski definition) is 3. The van der Waals surface area contributed by atoms with E-state index in [9.17, 15) is 14.3 Å². The number of benzene rings is 1. The average molecular weight is 253 g/mol. The lowest BCUT2D eigenvalue weighted by atomic mass is 10.1. The van der Waals surface area contributed by atoms with Gasteiger partial charge in [0.2, 0.25) is 0 Å². The van der Waals surface area contributed by atoms with Crippen LogP contribution in [0.4, 0.5) is 4.39 Å². The molecule has 0 saturated carbocycles. The highest BCUT2D eigenvalue weighted by Crippen LogP contribution is 2.18. The zero-order valence-corrected chi connectivity index (χ0v) is 10.9. The number of carbonyl (C=O) groups is 1. The summed E-state index contributed by atoms with van der Waals surface area (Å²) < 4.78 is 13.1. The van der Waals surface area contributed by atoms with Crippen molar-refractivity contribution in [3.8, 4) is 5.75 Å². The fourth-order valence-corrected chi connectivity index (χ4v) is 1.92. The topological polar surface area (TPSA) is 40.5 Å². The van der Waals surface area contributed by atoms with Gasteiger partial charge in [0.05, 0.1) is 12.1 Å². The lowest BCUT2D eigenvalue weighted by Gasteiger charge is -2.20. The van der Waals surface area contributed by atoms with Crippen molar-refractivity contribution in [2.24, 2.45) is 0 Å². The van der Waals surface area contributed by atoms with Crippen molar-refractivity contribution in [1.82, 2.24) is 4.90 Å². The van der Waals surface area contributed by atoms with Crippen molar-refractivity contribution in [1.29, 1.82) is 0 Å². The van der Waals surface area contributed by atoms with Crippen molar-refractivity contribution >= 4 is 5.78 Å². The second kappa shape index (κ2) is 7.11. The van der Waals surface area contributed by atoms with Gasteiger partial charge in [0, 0.05) is 0 Å². The number of halogens is 1. The Balaban J connectivity index is 2.76. The van der Waals surface area contributed by atoms with Crippen LogP contribution in [0.15, 0.2) is 18.2 Å². The van der Waals surface area contributed by atoms with E-state index in [0.717, 1.165) is 38.1 Å². The van der Waals surface area contributed by atoms with Gasteiger partial charge in [-0.1, -0.05) is 13.8 Å². The standard InChI is InChI=1S/C14H20FNO2/c1-3-7-16(8-4-2)10-14(18)12-9-11(15)5-6-13(12)17/h5-6,9,17H,3-4,7-8,10H2,1-2H3. The first-order chi connectivity index (χ1) is 8.58. The van der Waals surface area contributed by atoms with Crippen molar-refractivity contribution in [3.63, 3.8) is 0 Å². The molecule has 0 aliphatic heterocycles. The van der Waals surface area contributed by atoms with Crippen LogP contribution in [0.3, 0.4) is 0 Å². The number of carbonyl (C=O) groups excluding carboxylic acids is 1. The first kappa shape index (κ1) is 14.6. The van der Waals surface area contributed by atoms with Crippen LogP contribution < -0.4 is 0 Å². The SMILES string of the molecule is CCCN(CCC)CC(=O)c1cc(F)ccc1O. The zero-order valence-electron chi connectivity index (χ0n) is 10.9. The Morgan fingerprint density at radius 1 is 1.28 bits per heavy atom. The van der Waals surface area contributed by atoms with Gasteiger partial charge in [0.15, 0.2) is 5.78 Å². The molecular formula is C14H20FNO2. The molecule has 0 aromatic heterocycles. The molecule has 3 nitrogen and oxygen atoms in total. The molecule has 0 aliphatic carbocycles. The molecule has 4 heteroatoms. The Bertz CT molecular complexity index is 401. The number of hydrogen-bond donors (Lipinski definition) is 1. The highest BCUT2D eigenvalue weighted by atomic mass is 19.1. The third kappa shape index (κ3) is 4.11. The van der Waals surface area contributed by atoms with Gasteiger partial charge in [-0.25, -0.2) is 4.39 Å². The van der Waals surface area contributed by atoms with Crippen LogP contribution in [0.25, 0.3) is 0 Å². The minimum atomic E-state index is -0.506. The highest BCUT2D eigenvalue weighted by Gasteiger charge is 2.15. The zero-order chi connectivity index (χ0) is 13.5. The number of nitrogens with zero attached hydrogens (tertiary/aromatic N) is 1. The molecule has 0 amide bonds. The van der Waals surface area contributed by atoms with Gasteiger partial charge in [-0.05, 0) is 44.1 Å². The molecule has 1 aromatic rings. The molecule has 100 valence electrons. The summed E-state index contributed by atoms with van der Waals surface area (Å²) in [5, 5.41) is 9.57. The predicted octanol–water partition coefficient (Wildman–Crippen LogP) is 2.84. The Labute approximate surface area is 107 Å². The highest BCUT2D eigenvalue weighted by molar-refractivity contribution is 5.99. The van der Waals surface area contributed by atoms with Crippen LogP contribution in [-0.2, 0) is 0 Å². The summed E-state index contributed by atoms with van der Waals surface area (Å²) in [5.41, 5.74) is 0.0622. The van der Waals surface area contributed by atoms with E-state index in [1.165, 1.54) is 6.07 Å². The number of rotatable bonds is 7. The summed E-state index contributed by atoms with van der Waals surface area (Å²) in [5.74, 6) is -0.906. The quantitative estimate of drug-likeness (QED) is 0.760. The summed E-state index contributed by atoms with van der Waals surface area (Å²) >= 11 is 0. The van der Waals surface area contributed by atoms with Crippen LogP contribution in [0.2, 0.25) is 0 Å². The van der Waals surface area contributed by atoms with Gasteiger partial charge in [0.1, 0.15) is 11.6 Å². The Hall–Kier alpha value is -1.42. The first-order valence-electron chi connectivity index (χ1n) is 6.32. The van der Waals surface area contributed by atoms with Crippen molar-refractivity contribution in [2.45, 2.75) is 26.7 Å². The molecule has 1 rings (SSSR count). The molecule has 1 N–H and O–H groups in total. The van der Waals surface area contributed by atoms with Gasteiger partial charge >= 0.3 is 0 Å². The molecule has 0 bridgehead atoms. The summed E-state index contributed by atoms with van der Waals surface area (Å²) in [7, 11) is 0. The van der Waals surface area contributed by atoms with Gasteiger partial charge < -0.3 is 5.11 Å². The number of phenols is 1. The monoisotopic (exact) mass is 253 g/mol. The normalized spacial score (nSPS) is 10.9. The van der Waals surface area contributed by atoms with E-state index >= 15 is 0 Å². The maximum atomic E-state index is 13.1. The molecule has 0 radical (unpaired) electrons. The van der Waals surface area contributed by atoms with E-state index in [1.54, 1.807) is 0 Å². The lowest BCUT2D eigenvalue weighted by molar-refractivity contribution is 0.0927. The summed E-state index contributed by atoms with van der Waals surface area (Å²) in [6, 6.07) is 3.45. The Morgan fingerprint density at radius 3 is 2.44 bits per heavy atom. The summed E-state index contributed by atoms with van der Waals surface area (Å²) in [6.07, 6.45) is 1.92. The Kier molecular flexibility index (Phi) is 5.78. The Morgan fingerprint density at radius 2 is 1.89 bits per heavy atom. The largest absolute Gasteiger partial charge is 0.507 e. The second-order valence-electron chi connectivity index (χ2n) is 4.36. The number of Topliss-reactive ketones (excluding diaryl/α,β-unsaturated/α-hetero) is 1. The van der Waals surface area contributed by atoms with Crippen molar-refractivity contribution in [3.05, 3.63) is 29.6 Å². The van der Waals surface area contributed by atoms with Gasteiger partial charge in [0.25, 0.3) is 0 Å². The predicted molar refractivity (Wildman–Crippen MR) is 69.4 cm³/mol. The fourth-order valence-electron chi connectivity index (χ4n) is 1.92. The van der Waals surface area contributed by atoms with E-state index in [0.29, 0.717) is 0 Å². The van der Waals surface area contributed by atoms with Gasteiger partial charge in [-0.15, -0.1) is 0 Å². The van der Waals surface area contributed by atoms with Crippen LogP contribution in [0.5, 0.6) is 5.75 Å². The average Bonchev–Trinajstić information content (AvgIpc) is 2.33. The molecule has 0 fully saturated rings. The van der Waals surface area contributed by atoms with Gasteiger partial charge in [-0.3, -0.25) is 9.69 Å². The van der Waals surface area contributed by atoms with Crippen molar-refractivity contribution in [2.75, 3.05) is 19.6 Å². The molecule has 0 aliphatic rings. The van der Waals surface area contributed by atoms with E-state index in [1.807, 2.05) is 18.7 Å². The maximum Gasteiger partial charge on any atom is 0.180 e. The third-order valence-electron chi connectivity index (χ3n) is 2.71. The molecule has 1 aromatic carbocycles. The van der Waals surface area contributed by atoms with Crippen LogP contribution >= 0.6 is 0 Å². The molecule has 18 heavy (non-hydrogen) atoms. The van der Waals surface area contributed by atoms with Gasteiger partial charge in [-0.2, -0.15) is 0 Å². The third-order valence-corrected chi connectivity index (χ3v) is 2.71. The number of aromatic hydroxyl groups is 1. The minimum absolute atomic E-state index is 0.0622. The van der Waals surface area contributed by atoms with Crippen LogP contribution in [0.1, 0.15) is 37.0 Å². The minimum Gasteiger partial charge on any atom is -0.507 e. The molecule has 0 atom stereocenters. The smallest absolute Gasteiger partial charge is 0.180 e. The number of phenolic OH excluding ortho intramolecular Hbond substituents is 1. The lowest BCUT2D eigenvalue weighted by Crippen LogP contribution is -2.31. The molecule has 0 unspecified atom stereocenters. The van der Waals surface area contributed by atoms with E-state index in [4.69, 9.17) is 0 Å². The van der Waals surface area contributed by atoms with E-state index < -0.39 is 5.82 Å². The molecule has 0 spiro atoms. The molecule has 0 heterocycles. The molecule has 0 saturated heterocycles. The molecular weight excluding hydrogens is 233 g/mol.